The van der Waals surface area contributed by atoms with E-state index in [0.29, 0.717) is 17.1 Å². The fraction of sp³-hybridized carbons (Fsp3) is 0.133. The van der Waals surface area contributed by atoms with Crippen molar-refractivity contribution in [3.05, 3.63) is 125 Å². The van der Waals surface area contributed by atoms with Crippen molar-refractivity contribution >= 4 is 23.5 Å². The molecule has 0 radical (unpaired) electrons. The van der Waals surface area contributed by atoms with Crippen LogP contribution in [0, 0.1) is 0 Å². The second-order valence-electron chi connectivity index (χ2n) is 8.77. The van der Waals surface area contributed by atoms with Crippen molar-refractivity contribution in [3.63, 3.8) is 0 Å². The lowest BCUT2D eigenvalue weighted by Gasteiger charge is -2.26. The molecule has 4 aromatic rings. The smallest absolute Gasteiger partial charge is 0.410 e. The van der Waals surface area contributed by atoms with Gasteiger partial charge in [0.15, 0.2) is 0 Å². The molecule has 0 spiro atoms. The average Bonchev–Trinajstić information content (AvgIpc) is 2.87. The fourth-order valence-corrected chi connectivity index (χ4v) is 3.89. The zero-order valence-electron chi connectivity index (χ0n) is 19.7. The molecule has 0 unspecified atom stereocenters. The van der Waals surface area contributed by atoms with E-state index in [1.54, 1.807) is 12.1 Å². The Morgan fingerprint density at radius 3 is 1.97 bits per heavy atom. The van der Waals surface area contributed by atoms with Gasteiger partial charge in [-0.25, -0.2) is 9.59 Å². The summed E-state index contributed by atoms with van der Waals surface area (Å²) in [5, 5.41) is 2.76. The SMILES string of the molecule is CC(C)(c1ccccc1)c1ccc(OC(=O)Nc2ccc(Cc3ccc(N=C=O)cc3)cc2)cc1. The summed E-state index contributed by atoms with van der Waals surface area (Å²) in [4.78, 5) is 26.3. The molecule has 0 atom stereocenters. The van der Waals surface area contributed by atoms with Gasteiger partial charge in [0.1, 0.15) is 5.75 Å². The number of amides is 1. The molecule has 1 N–H and O–H groups in total. The Labute approximate surface area is 205 Å². The lowest BCUT2D eigenvalue weighted by Crippen LogP contribution is -2.19. The zero-order valence-corrected chi connectivity index (χ0v) is 19.7. The first-order valence-electron chi connectivity index (χ1n) is 11.3. The van der Waals surface area contributed by atoms with Crippen LogP contribution in [0.3, 0.4) is 0 Å². The van der Waals surface area contributed by atoms with E-state index in [1.165, 1.54) is 11.6 Å². The van der Waals surface area contributed by atoms with E-state index in [-0.39, 0.29) is 5.41 Å². The van der Waals surface area contributed by atoms with Crippen LogP contribution in [0.15, 0.2) is 108 Å². The summed E-state index contributed by atoms with van der Waals surface area (Å²) in [6, 6.07) is 32.9. The number of hydrogen-bond acceptors (Lipinski definition) is 4. The van der Waals surface area contributed by atoms with E-state index in [9.17, 15) is 9.59 Å². The van der Waals surface area contributed by atoms with E-state index in [1.807, 2.05) is 78.9 Å². The van der Waals surface area contributed by atoms with E-state index in [0.717, 1.165) is 23.1 Å². The van der Waals surface area contributed by atoms with E-state index >= 15 is 0 Å². The number of nitrogens with one attached hydrogen (secondary N) is 1. The highest BCUT2D eigenvalue weighted by Gasteiger charge is 2.22. The zero-order chi connectivity index (χ0) is 24.7. The topological polar surface area (TPSA) is 67.8 Å². The van der Waals surface area contributed by atoms with Crippen LogP contribution in [0.2, 0.25) is 0 Å². The summed E-state index contributed by atoms with van der Waals surface area (Å²) in [6.07, 6.45) is 1.72. The Kier molecular flexibility index (Phi) is 7.20. The van der Waals surface area contributed by atoms with Gasteiger partial charge in [-0.2, -0.15) is 4.99 Å². The molecule has 0 aliphatic heterocycles. The second kappa shape index (κ2) is 10.6. The van der Waals surface area contributed by atoms with Crippen molar-refractivity contribution in [2.75, 3.05) is 5.32 Å². The third-order valence-electron chi connectivity index (χ3n) is 6.00. The molecule has 0 aromatic heterocycles. The molecule has 0 aliphatic rings. The Hall–Kier alpha value is -4.47. The maximum Gasteiger partial charge on any atom is 0.417 e. The minimum absolute atomic E-state index is 0.157. The quantitative estimate of drug-likeness (QED) is 0.234. The summed E-state index contributed by atoms with van der Waals surface area (Å²) in [6.45, 7) is 4.35. The van der Waals surface area contributed by atoms with Crippen LogP contribution in [-0.4, -0.2) is 12.2 Å². The maximum absolute atomic E-state index is 12.4. The summed E-state index contributed by atoms with van der Waals surface area (Å²) in [5.74, 6) is 0.481. The van der Waals surface area contributed by atoms with Crippen LogP contribution >= 0.6 is 0 Å². The van der Waals surface area contributed by atoms with Crippen molar-refractivity contribution in [2.24, 2.45) is 4.99 Å². The second-order valence-corrected chi connectivity index (χ2v) is 8.77. The minimum Gasteiger partial charge on any atom is -0.410 e. The molecule has 5 nitrogen and oxygen atoms in total. The van der Waals surface area contributed by atoms with Crippen molar-refractivity contribution in [1.82, 2.24) is 0 Å². The first-order chi connectivity index (χ1) is 16.9. The number of hydrogen-bond donors (Lipinski definition) is 1. The first kappa shape index (κ1) is 23.7. The molecule has 4 rings (SSSR count). The van der Waals surface area contributed by atoms with Crippen molar-refractivity contribution in [3.8, 4) is 5.75 Å². The predicted molar refractivity (Wildman–Crippen MR) is 138 cm³/mol. The fourth-order valence-electron chi connectivity index (χ4n) is 3.89. The number of carbonyl (C=O) groups excluding carboxylic acids is 2. The molecular formula is C30H26N2O3. The first-order valence-corrected chi connectivity index (χ1v) is 11.3. The van der Waals surface area contributed by atoms with Gasteiger partial charge in [-0.05, 0) is 65.1 Å². The highest BCUT2D eigenvalue weighted by Crippen LogP contribution is 2.32. The molecule has 0 fully saturated rings. The van der Waals surface area contributed by atoms with Gasteiger partial charge < -0.3 is 4.74 Å². The Balaban J connectivity index is 1.33. The van der Waals surface area contributed by atoms with Gasteiger partial charge in [0.2, 0.25) is 6.08 Å². The lowest BCUT2D eigenvalue weighted by molar-refractivity contribution is 0.215. The summed E-state index contributed by atoms with van der Waals surface area (Å²) < 4.78 is 5.46. The van der Waals surface area contributed by atoms with Crippen LogP contribution in [0.4, 0.5) is 16.2 Å². The third-order valence-corrected chi connectivity index (χ3v) is 6.00. The molecule has 0 aliphatic carbocycles. The molecule has 5 heteroatoms. The third kappa shape index (κ3) is 6.11. The number of nitrogens with zero attached hydrogens (tertiary/aromatic N) is 1. The summed E-state index contributed by atoms with van der Waals surface area (Å²) in [5.41, 5.74) is 5.61. The van der Waals surface area contributed by atoms with Crippen LogP contribution in [0.5, 0.6) is 5.75 Å². The molecule has 1 amide bonds. The number of isocyanates is 1. The molecule has 4 aromatic carbocycles. The molecule has 0 bridgehead atoms. The molecule has 35 heavy (non-hydrogen) atoms. The summed E-state index contributed by atoms with van der Waals surface area (Å²) in [7, 11) is 0. The van der Waals surface area contributed by atoms with Crippen molar-refractivity contribution in [1.29, 1.82) is 0 Å². The molecule has 0 saturated heterocycles. The number of benzene rings is 4. The van der Waals surface area contributed by atoms with Crippen molar-refractivity contribution < 1.29 is 14.3 Å². The van der Waals surface area contributed by atoms with E-state index in [2.05, 4.69) is 36.3 Å². The number of anilines is 1. The minimum atomic E-state index is -0.542. The Morgan fingerprint density at radius 1 is 0.800 bits per heavy atom. The highest BCUT2D eigenvalue weighted by molar-refractivity contribution is 5.86. The number of ether oxygens (including phenoxy) is 1. The Bertz CT molecular complexity index is 1320. The van der Waals surface area contributed by atoms with Crippen LogP contribution < -0.4 is 10.1 Å². The number of aliphatic imine (C=N–C) groups is 1. The molecule has 174 valence electrons. The average molecular weight is 463 g/mol. The van der Waals surface area contributed by atoms with Gasteiger partial charge >= 0.3 is 6.09 Å². The predicted octanol–water partition coefficient (Wildman–Crippen LogP) is 7.18. The molecule has 0 heterocycles. The Morgan fingerprint density at radius 2 is 1.37 bits per heavy atom. The normalized spacial score (nSPS) is 10.8. The monoisotopic (exact) mass is 462 g/mol. The maximum atomic E-state index is 12.4. The number of rotatable bonds is 7. The van der Waals surface area contributed by atoms with Crippen LogP contribution in [0.25, 0.3) is 0 Å². The van der Waals surface area contributed by atoms with Gasteiger partial charge in [0, 0.05) is 11.1 Å². The van der Waals surface area contributed by atoms with Gasteiger partial charge in [-0.15, -0.1) is 0 Å². The molecular weight excluding hydrogens is 436 g/mol. The highest BCUT2D eigenvalue weighted by atomic mass is 16.6. The number of carbonyl (C=O) groups is 1. The summed E-state index contributed by atoms with van der Waals surface area (Å²) >= 11 is 0. The largest absolute Gasteiger partial charge is 0.417 e. The van der Waals surface area contributed by atoms with E-state index < -0.39 is 6.09 Å². The van der Waals surface area contributed by atoms with Crippen LogP contribution in [0.1, 0.15) is 36.1 Å². The van der Waals surface area contributed by atoms with Crippen molar-refractivity contribution in [2.45, 2.75) is 25.7 Å². The van der Waals surface area contributed by atoms with Crippen LogP contribution in [-0.2, 0) is 16.6 Å². The van der Waals surface area contributed by atoms with E-state index in [4.69, 9.17) is 4.74 Å². The molecule has 0 saturated carbocycles. The lowest BCUT2D eigenvalue weighted by atomic mass is 9.78. The van der Waals surface area contributed by atoms with Gasteiger partial charge in [0.25, 0.3) is 0 Å². The standard InChI is InChI=1S/C30H26N2O3/c1-30(2,24-6-4-3-5-7-24)25-12-18-28(19-13-25)35-29(34)32-27-16-10-23(11-17-27)20-22-8-14-26(15-9-22)31-21-33/h3-19H,20H2,1-2H3,(H,32,34). The van der Waals surface area contributed by atoms with Gasteiger partial charge in [0.05, 0.1) is 5.69 Å². The van der Waals surface area contributed by atoms with Gasteiger partial charge in [-0.3, -0.25) is 5.32 Å². The van der Waals surface area contributed by atoms with Gasteiger partial charge in [-0.1, -0.05) is 80.6 Å².